The van der Waals surface area contributed by atoms with Gasteiger partial charge in [0.25, 0.3) is 0 Å². The van der Waals surface area contributed by atoms with Crippen LogP contribution in [-0.4, -0.2) is 27.4 Å². The van der Waals surface area contributed by atoms with E-state index in [1.54, 1.807) is 10.7 Å². The molecule has 1 saturated heterocycles. The van der Waals surface area contributed by atoms with E-state index in [0.717, 1.165) is 18.7 Å². The van der Waals surface area contributed by atoms with Crippen molar-refractivity contribution < 1.29 is 9.90 Å². The van der Waals surface area contributed by atoms with Crippen molar-refractivity contribution in [3.63, 3.8) is 0 Å². The predicted octanol–water partition coefficient (Wildman–Crippen LogP) is 1.16. The first-order valence-electron chi connectivity index (χ1n) is 5.21. The highest BCUT2D eigenvalue weighted by Gasteiger charge is 2.19. The van der Waals surface area contributed by atoms with E-state index in [2.05, 4.69) is 10.4 Å². The normalized spacial score (nSPS) is 21.5. The lowest BCUT2D eigenvalue weighted by atomic mass is 10.1. The molecule has 2 N–H and O–H groups in total. The minimum Gasteiger partial charge on any atom is -0.476 e. The molecule has 0 spiro atoms. The van der Waals surface area contributed by atoms with Gasteiger partial charge in [-0.05, 0) is 38.8 Å². The van der Waals surface area contributed by atoms with Gasteiger partial charge in [0.15, 0.2) is 5.69 Å². The summed E-state index contributed by atoms with van der Waals surface area (Å²) in [5, 5.41) is 16.2. The summed E-state index contributed by atoms with van der Waals surface area (Å²) in [6.07, 6.45) is 3.52. The van der Waals surface area contributed by atoms with E-state index in [1.807, 2.05) is 6.92 Å². The third-order valence-corrected chi connectivity index (χ3v) is 2.72. The molecule has 0 saturated carbocycles. The van der Waals surface area contributed by atoms with Gasteiger partial charge in [-0.25, -0.2) is 4.79 Å². The smallest absolute Gasteiger partial charge is 0.356 e. The highest BCUT2D eigenvalue weighted by molar-refractivity contribution is 5.85. The lowest BCUT2D eigenvalue weighted by Gasteiger charge is -2.24. The van der Waals surface area contributed by atoms with Gasteiger partial charge in [-0.1, -0.05) is 0 Å². The fraction of sp³-hybridized carbons (Fsp3) is 0.600. The molecular formula is C10H15N3O2. The largest absolute Gasteiger partial charge is 0.476 e. The molecule has 1 aliphatic rings. The van der Waals surface area contributed by atoms with Crippen molar-refractivity contribution in [1.29, 1.82) is 0 Å². The van der Waals surface area contributed by atoms with Crippen molar-refractivity contribution >= 4 is 5.97 Å². The molecule has 0 amide bonds. The van der Waals surface area contributed by atoms with Crippen LogP contribution in [0.1, 0.15) is 41.6 Å². The number of carboxylic acids is 1. The Hall–Kier alpha value is -1.36. The van der Waals surface area contributed by atoms with Gasteiger partial charge in [0.05, 0.1) is 0 Å². The third kappa shape index (κ3) is 2.02. The number of carboxylic acid groups (broad SMARTS) is 1. The number of hydrogen-bond acceptors (Lipinski definition) is 3. The number of nitrogens with one attached hydrogen (secondary N) is 1. The van der Waals surface area contributed by atoms with Crippen LogP contribution in [0, 0.1) is 6.92 Å². The van der Waals surface area contributed by atoms with Crippen LogP contribution >= 0.6 is 0 Å². The van der Waals surface area contributed by atoms with Crippen LogP contribution in [0.25, 0.3) is 0 Å². The molecule has 1 unspecified atom stereocenters. The van der Waals surface area contributed by atoms with Crippen LogP contribution in [-0.2, 0) is 0 Å². The molecule has 1 fully saturated rings. The summed E-state index contributed by atoms with van der Waals surface area (Å²) in [6, 6.07) is 1.61. The molecule has 1 aromatic heterocycles. The summed E-state index contributed by atoms with van der Waals surface area (Å²) in [5.41, 5.74) is 1.02. The third-order valence-electron chi connectivity index (χ3n) is 2.72. The van der Waals surface area contributed by atoms with E-state index in [1.165, 1.54) is 12.8 Å². The number of hydrogen-bond donors (Lipinski definition) is 2. The Balaban J connectivity index is 2.22. The van der Waals surface area contributed by atoms with Crippen LogP contribution in [0.2, 0.25) is 0 Å². The number of aromatic nitrogens is 2. The molecule has 0 bridgehead atoms. The molecule has 0 aromatic carbocycles. The molecule has 2 heterocycles. The first-order chi connectivity index (χ1) is 7.18. The predicted molar refractivity (Wildman–Crippen MR) is 54.8 cm³/mol. The Kier molecular flexibility index (Phi) is 2.73. The van der Waals surface area contributed by atoms with Crippen molar-refractivity contribution in [3.8, 4) is 0 Å². The van der Waals surface area contributed by atoms with Crippen LogP contribution in [0.5, 0.6) is 0 Å². The van der Waals surface area contributed by atoms with Gasteiger partial charge in [-0.15, -0.1) is 0 Å². The molecule has 15 heavy (non-hydrogen) atoms. The van der Waals surface area contributed by atoms with Gasteiger partial charge in [0.2, 0.25) is 0 Å². The molecular weight excluding hydrogens is 194 g/mol. The average Bonchev–Trinajstić information content (AvgIpc) is 2.62. The van der Waals surface area contributed by atoms with Crippen LogP contribution in [0.3, 0.4) is 0 Å². The van der Waals surface area contributed by atoms with Gasteiger partial charge in [-0.2, -0.15) is 5.10 Å². The topological polar surface area (TPSA) is 67.1 Å². The van der Waals surface area contributed by atoms with Crippen LogP contribution < -0.4 is 5.32 Å². The zero-order chi connectivity index (χ0) is 10.8. The summed E-state index contributed by atoms with van der Waals surface area (Å²) in [6.45, 7) is 2.86. The van der Waals surface area contributed by atoms with Crippen molar-refractivity contribution in [3.05, 3.63) is 17.5 Å². The standard InChI is InChI=1S/C10H15N3O2/c1-7-6-8(10(14)15)12-13(7)9-4-2-3-5-11-9/h6,9,11H,2-5H2,1H3,(H,14,15). The second-order valence-corrected chi connectivity index (χ2v) is 3.89. The van der Waals surface area contributed by atoms with Crippen molar-refractivity contribution in [2.75, 3.05) is 6.54 Å². The van der Waals surface area contributed by atoms with Crippen LogP contribution in [0.4, 0.5) is 0 Å². The molecule has 0 aliphatic carbocycles. The number of carbonyl (C=O) groups is 1. The Morgan fingerprint density at radius 2 is 2.47 bits per heavy atom. The molecule has 5 nitrogen and oxygen atoms in total. The first-order valence-corrected chi connectivity index (χ1v) is 5.21. The Labute approximate surface area is 88.1 Å². The lowest BCUT2D eigenvalue weighted by molar-refractivity contribution is 0.0688. The maximum absolute atomic E-state index is 10.8. The van der Waals surface area contributed by atoms with E-state index in [9.17, 15) is 4.79 Å². The second-order valence-electron chi connectivity index (χ2n) is 3.89. The molecule has 1 aliphatic heterocycles. The van der Waals surface area contributed by atoms with Crippen molar-refractivity contribution in [2.24, 2.45) is 0 Å². The number of rotatable bonds is 2. The van der Waals surface area contributed by atoms with E-state index in [-0.39, 0.29) is 11.9 Å². The van der Waals surface area contributed by atoms with E-state index in [4.69, 9.17) is 5.11 Å². The average molecular weight is 209 g/mol. The van der Waals surface area contributed by atoms with Gasteiger partial charge < -0.3 is 5.11 Å². The molecule has 5 heteroatoms. The summed E-state index contributed by atoms with van der Waals surface area (Å²) >= 11 is 0. The van der Waals surface area contributed by atoms with E-state index < -0.39 is 5.97 Å². The minimum absolute atomic E-state index is 0.125. The van der Waals surface area contributed by atoms with Crippen molar-refractivity contribution in [1.82, 2.24) is 15.1 Å². The fourth-order valence-corrected chi connectivity index (χ4v) is 1.95. The minimum atomic E-state index is -0.965. The second kappa shape index (κ2) is 4.02. The lowest BCUT2D eigenvalue weighted by Crippen LogP contribution is -2.32. The Bertz CT molecular complexity index is 367. The maximum Gasteiger partial charge on any atom is 0.356 e. The highest BCUT2D eigenvalue weighted by Crippen LogP contribution is 2.18. The first kappa shape index (κ1) is 10.2. The summed E-state index contributed by atoms with van der Waals surface area (Å²) in [5.74, 6) is -0.965. The van der Waals surface area contributed by atoms with Gasteiger partial charge in [0, 0.05) is 5.69 Å². The number of nitrogens with zero attached hydrogens (tertiary/aromatic N) is 2. The van der Waals surface area contributed by atoms with Crippen molar-refractivity contribution in [2.45, 2.75) is 32.4 Å². The quantitative estimate of drug-likeness (QED) is 0.767. The summed E-state index contributed by atoms with van der Waals surface area (Å²) in [7, 11) is 0. The molecule has 82 valence electrons. The fourth-order valence-electron chi connectivity index (χ4n) is 1.95. The Morgan fingerprint density at radius 3 is 3.00 bits per heavy atom. The zero-order valence-corrected chi connectivity index (χ0v) is 8.73. The number of piperidine rings is 1. The van der Waals surface area contributed by atoms with E-state index in [0.29, 0.717) is 0 Å². The highest BCUT2D eigenvalue weighted by atomic mass is 16.4. The van der Waals surface area contributed by atoms with Crippen LogP contribution in [0.15, 0.2) is 6.07 Å². The molecule has 2 rings (SSSR count). The van der Waals surface area contributed by atoms with Gasteiger partial charge in [-0.3, -0.25) is 10.00 Å². The monoisotopic (exact) mass is 209 g/mol. The SMILES string of the molecule is Cc1cc(C(=O)O)nn1C1CCCCN1. The number of aromatic carboxylic acids is 1. The maximum atomic E-state index is 10.8. The Morgan fingerprint density at radius 1 is 1.67 bits per heavy atom. The molecule has 1 aromatic rings. The zero-order valence-electron chi connectivity index (χ0n) is 8.73. The number of aryl methyl sites for hydroxylation is 1. The molecule has 1 atom stereocenters. The summed E-state index contributed by atoms with van der Waals surface area (Å²) < 4.78 is 1.78. The molecule has 0 radical (unpaired) electrons. The van der Waals surface area contributed by atoms with E-state index >= 15 is 0 Å². The van der Waals surface area contributed by atoms with Gasteiger partial charge >= 0.3 is 5.97 Å². The van der Waals surface area contributed by atoms with Gasteiger partial charge in [0.1, 0.15) is 6.17 Å². The summed E-state index contributed by atoms with van der Waals surface area (Å²) in [4.78, 5) is 10.8.